The molecule has 0 radical (unpaired) electrons. The quantitative estimate of drug-likeness (QED) is 0.782. The number of ether oxygens (including phenoxy) is 1. The van der Waals surface area contributed by atoms with Gasteiger partial charge in [0.2, 0.25) is 0 Å². The van der Waals surface area contributed by atoms with E-state index in [9.17, 15) is 9.18 Å². The molecule has 1 rings (SSSR count). The van der Waals surface area contributed by atoms with Crippen molar-refractivity contribution < 1.29 is 13.9 Å². The molecule has 0 atom stereocenters. The van der Waals surface area contributed by atoms with Gasteiger partial charge in [0.05, 0.1) is 17.1 Å². The molecule has 0 bridgehead atoms. The average molecular weight is 303 g/mol. The molecule has 2 nitrogen and oxygen atoms in total. The van der Waals surface area contributed by atoms with E-state index in [4.69, 9.17) is 4.74 Å². The second-order valence-corrected chi connectivity index (χ2v) is 5.98. The topological polar surface area (TPSA) is 26.3 Å². The van der Waals surface area contributed by atoms with Gasteiger partial charge in [0.25, 0.3) is 0 Å². The summed E-state index contributed by atoms with van der Waals surface area (Å²) in [4.78, 5) is 12.1. The van der Waals surface area contributed by atoms with E-state index in [1.165, 1.54) is 19.2 Å². The van der Waals surface area contributed by atoms with Crippen molar-refractivity contribution in [1.82, 2.24) is 0 Å². The molecular weight excluding hydrogens is 287 g/mol. The lowest BCUT2D eigenvalue weighted by Crippen LogP contribution is -2.14. The maximum atomic E-state index is 13.3. The first-order valence-electron chi connectivity index (χ1n) is 5.31. The molecule has 0 saturated heterocycles. The van der Waals surface area contributed by atoms with Crippen LogP contribution in [0.3, 0.4) is 0 Å². The molecule has 94 valence electrons. The summed E-state index contributed by atoms with van der Waals surface area (Å²) in [6.45, 7) is 5.95. The van der Waals surface area contributed by atoms with Crippen LogP contribution in [0.4, 0.5) is 4.39 Å². The summed E-state index contributed by atoms with van der Waals surface area (Å²) in [5.41, 5.74) is 0.305. The van der Waals surface area contributed by atoms with Crippen LogP contribution in [0.1, 0.15) is 37.6 Å². The van der Waals surface area contributed by atoms with E-state index in [2.05, 4.69) is 15.9 Å². The number of hydrogen-bond donors (Lipinski definition) is 0. The van der Waals surface area contributed by atoms with Crippen molar-refractivity contribution in [2.24, 2.45) is 5.41 Å². The van der Waals surface area contributed by atoms with Crippen molar-refractivity contribution in [2.75, 3.05) is 7.11 Å². The van der Waals surface area contributed by atoms with E-state index in [-0.39, 0.29) is 21.4 Å². The van der Waals surface area contributed by atoms with Gasteiger partial charge >= 0.3 is 0 Å². The Bertz CT molecular complexity index is 436. The Morgan fingerprint density at radius 2 is 2.00 bits per heavy atom. The van der Waals surface area contributed by atoms with E-state index in [1.54, 1.807) is 0 Å². The smallest absolute Gasteiger partial charge is 0.167 e. The van der Waals surface area contributed by atoms with Crippen molar-refractivity contribution in [1.29, 1.82) is 0 Å². The van der Waals surface area contributed by atoms with Crippen LogP contribution in [0.2, 0.25) is 0 Å². The minimum Gasteiger partial charge on any atom is -0.496 e. The summed E-state index contributed by atoms with van der Waals surface area (Å²) in [7, 11) is 1.43. The zero-order valence-corrected chi connectivity index (χ0v) is 12.0. The van der Waals surface area contributed by atoms with Gasteiger partial charge in [-0.3, -0.25) is 4.79 Å². The lowest BCUT2D eigenvalue weighted by Gasteiger charge is -2.18. The molecular formula is C13H16BrFO2. The van der Waals surface area contributed by atoms with E-state index >= 15 is 0 Å². The fourth-order valence-electron chi connectivity index (χ4n) is 1.49. The lowest BCUT2D eigenvalue weighted by molar-refractivity contribution is 0.0936. The SMILES string of the molecule is COc1cc(F)c(Br)cc1C(=O)CC(C)(C)C. The Labute approximate surface area is 109 Å². The maximum absolute atomic E-state index is 13.3. The highest BCUT2D eigenvalue weighted by Gasteiger charge is 2.21. The summed E-state index contributed by atoms with van der Waals surface area (Å²) in [6, 6.07) is 2.70. The Morgan fingerprint density at radius 3 is 2.47 bits per heavy atom. The first-order valence-corrected chi connectivity index (χ1v) is 6.10. The molecule has 0 saturated carbocycles. The largest absolute Gasteiger partial charge is 0.496 e. The summed E-state index contributed by atoms with van der Waals surface area (Å²) >= 11 is 3.07. The molecule has 1 aromatic rings. The van der Waals surface area contributed by atoms with Gasteiger partial charge in [0.15, 0.2) is 5.78 Å². The third kappa shape index (κ3) is 3.80. The number of carbonyl (C=O) groups excluding carboxylic acids is 1. The number of halogens is 2. The third-order valence-corrected chi connectivity index (χ3v) is 2.84. The zero-order chi connectivity index (χ0) is 13.2. The second-order valence-electron chi connectivity index (χ2n) is 5.13. The molecule has 0 N–H and O–H groups in total. The lowest BCUT2D eigenvalue weighted by atomic mass is 9.87. The number of rotatable bonds is 3. The Kier molecular flexibility index (Phi) is 4.31. The molecule has 0 fully saturated rings. The van der Waals surface area contributed by atoms with Gasteiger partial charge in [0, 0.05) is 12.5 Å². The van der Waals surface area contributed by atoms with Gasteiger partial charge in [-0.05, 0) is 27.4 Å². The highest BCUT2D eigenvalue weighted by molar-refractivity contribution is 9.10. The maximum Gasteiger partial charge on any atom is 0.167 e. The summed E-state index contributed by atoms with van der Waals surface area (Å²) in [6.07, 6.45) is 0.390. The normalized spacial score (nSPS) is 11.4. The number of Topliss-reactive ketones (excluding diaryl/α,β-unsaturated/α-hetero) is 1. The fraction of sp³-hybridized carbons (Fsp3) is 0.462. The number of methoxy groups -OCH3 is 1. The van der Waals surface area contributed by atoms with Crippen LogP contribution >= 0.6 is 15.9 Å². The van der Waals surface area contributed by atoms with Gasteiger partial charge in [-0.15, -0.1) is 0 Å². The molecule has 0 aliphatic heterocycles. The Hall–Kier alpha value is -0.900. The fourth-order valence-corrected chi connectivity index (χ4v) is 1.84. The number of benzene rings is 1. The Morgan fingerprint density at radius 1 is 1.41 bits per heavy atom. The number of ketones is 1. The van der Waals surface area contributed by atoms with Crippen LogP contribution in [-0.2, 0) is 0 Å². The monoisotopic (exact) mass is 302 g/mol. The molecule has 1 aromatic carbocycles. The molecule has 0 aliphatic carbocycles. The van der Waals surface area contributed by atoms with E-state index in [0.29, 0.717) is 12.0 Å². The summed E-state index contributed by atoms with van der Waals surface area (Å²) in [5, 5.41) is 0. The number of hydrogen-bond acceptors (Lipinski definition) is 2. The minimum absolute atomic E-state index is 0.0462. The minimum atomic E-state index is -0.436. The third-order valence-electron chi connectivity index (χ3n) is 2.23. The number of carbonyl (C=O) groups is 1. The molecule has 0 unspecified atom stereocenters. The van der Waals surface area contributed by atoms with E-state index in [0.717, 1.165) is 0 Å². The highest BCUT2D eigenvalue weighted by Crippen LogP contribution is 2.30. The van der Waals surface area contributed by atoms with Crippen LogP contribution in [0, 0.1) is 11.2 Å². The molecule has 0 amide bonds. The van der Waals surface area contributed by atoms with Crippen molar-refractivity contribution >= 4 is 21.7 Å². The molecule has 4 heteroatoms. The van der Waals surface area contributed by atoms with Crippen molar-refractivity contribution in [3.05, 3.63) is 28.0 Å². The zero-order valence-electron chi connectivity index (χ0n) is 10.4. The van der Waals surface area contributed by atoms with Gasteiger partial charge in [-0.25, -0.2) is 4.39 Å². The molecule has 0 aromatic heterocycles. The van der Waals surface area contributed by atoms with Gasteiger partial charge < -0.3 is 4.74 Å². The van der Waals surface area contributed by atoms with E-state index in [1.807, 2.05) is 20.8 Å². The molecule has 0 aliphatic rings. The van der Waals surface area contributed by atoms with Crippen LogP contribution < -0.4 is 4.74 Å². The first-order chi connectivity index (χ1) is 7.74. The summed E-state index contributed by atoms with van der Waals surface area (Å²) < 4.78 is 18.6. The van der Waals surface area contributed by atoms with Crippen LogP contribution in [0.15, 0.2) is 16.6 Å². The van der Waals surface area contributed by atoms with Crippen molar-refractivity contribution in [3.63, 3.8) is 0 Å². The van der Waals surface area contributed by atoms with Gasteiger partial charge in [-0.1, -0.05) is 20.8 Å². The standard InChI is InChI=1S/C13H16BrFO2/c1-13(2,3)7-11(16)8-5-9(14)10(15)6-12(8)17-4/h5-6H,7H2,1-4H3. The molecule has 17 heavy (non-hydrogen) atoms. The predicted octanol–water partition coefficient (Wildman–Crippen LogP) is 4.22. The average Bonchev–Trinajstić information content (AvgIpc) is 2.18. The highest BCUT2D eigenvalue weighted by atomic mass is 79.9. The molecule has 0 heterocycles. The van der Waals surface area contributed by atoms with Crippen molar-refractivity contribution in [2.45, 2.75) is 27.2 Å². The second kappa shape index (κ2) is 5.17. The predicted molar refractivity (Wildman–Crippen MR) is 69.1 cm³/mol. The van der Waals surface area contributed by atoms with Crippen molar-refractivity contribution in [3.8, 4) is 5.75 Å². The molecule has 0 spiro atoms. The first kappa shape index (κ1) is 14.2. The van der Waals surface area contributed by atoms with E-state index < -0.39 is 5.82 Å². The summed E-state index contributed by atoms with van der Waals surface area (Å²) in [5.74, 6) is -0.204. The van der Waals surface area contributed by atoms with Crippen LogP contribution in [0.5, 0.6) is 5.75 Å². The van der Waals surface area contributed by atoms with Gasteiger partial charge in [-0.2, -0.15) is 0 Å². The van der Waals surface area contributed by atoms with Crippen LogP contribution in [0.25, 0.3) is 0 Å². The van der Waals surface area contributed by atoms with Gasteiger partial charge in [0.1, 0.15) is 11.6 Å². The van der Waals surface area contributed by atoms with Crippen LogP contribution in [-0.4, -0.2) is 12.9 Å². The Balaban J connectivity index is 3.12.